The monoisotopic (exact) mass is 277 g/mol. The third-order valence-electron chi connectivity index (χ3n) is 4.95. The Morgan fingerprint density at radius 1 is 1.50 bits per heavy atom. The van der Waals surface area contributed by atoms with E-state index in [9.17, 15) is 19.8 Å². The highest BCUT2D eigenvalue weighted by Gasteiger charge is 2.61. The Labute approximate surface area is 117 Å². The molecule has 0 radical (unpaired) electrons. The molecule has 0 unspecified atom stereocenters. The van der Waals surface area contributed by atoms with E-state index in [0.29, 0.717) is 0 Å². The maximum atomic E-state index is 12.2. The number of allylic oxidation sites excluding steroid dienone is 1. The quantitative estimate of drug-likeness (QED) is 0.599. The van der Waals surface area contributed by atoms with Crippen LogP contribution in [0.5, 0.6) is 0 Å². The number of β-lactam (4-membered cyclic amide) rings is 1. The molecule has 1 aliphatic carbocycles. The number of aliphatic hydroxyl groups excluding tert-OH is 1. The fourth-order valence-electron chi connectivity index (χ4n) is 4.17. The lowest BCUT2D eigenvalue weighted by Crippen LogP contribution is -2.64. The fraction of sp³-hybridized carbons (Fsp3) is 0.600. The van der Waals surface area contributed by atoms with E-state index in [2.05, 4.69) is 6.58 Å². The van der Waals surface area contributed by atoms with Crippen LogP contribution < -0.4 is 0 Å². The first-order valence-corrected chi connectivity index (χ1v) is 7.10. The van der Waals surface area contributed by atoms with Crippen molar-refractivity contribution in [2.24, 2.45) is 17.8 Å². The van der Waals surface area contributed by atoms with Crippen molar-refractivity contribution in [2.75, 3.05) is 0 Å². The molecule has 3 aliphatic rings. The van der Waals surface area contributed by atoms with E-state index in [1.807, 2.05) is 0 Å². The SMILES string of the molecule is C=C[C@H]1CCC[C@H]2C1=C(C(=O)O)N1C(=O)[C@H]([C@@H](C)O)[C@@H]21. The minimum atomic E-state index is -1.04. The van der Waals surface area contributed by atoms with Gasteiger partial charge in [0.1, 0.15) is 5.70 Å². The van der Waals surface area contributed by atoms with Crippen LogP contribution in [0.25, 0.3) is 0 Å². The number of hydrogen-bond donors (Lipinski definition) is 2. The molecular weight excluding hydrogens is 258 g/mol. The first-order valence-electron chi connectivity index (χ1n) is 7.10. The molecule has 1 saturated heterocycles. The number of nitrogens with zero attached hydrogens (tertiary/aromatic N) is 1. The van der Waals surface area contributed by atoms with Crippen LogP contribution in [0.4, 0.5) is 0 Å². The Morgan fingerprint density at radius 2 is 2.20 bits per heavy atom. The Kier molecular flexibility index (Phi) is 2.97. The molecule has 2 N–H and O–H groups in total. The predicted octanol–water partition coefficient (Wildman–Crippen LogP) is 1.15. The topological polar surface area (TPSA) is 77.8 Å². The fourth-order valence-corrected chi connectivity index (χ4v) is 4.17. The molecule has 2 fully saturated rings. The highest BCUT2D eigenvalue weighted by Crippen LogP contribution is 2.53. The van der Waals surface area contributed by atoms with Crippen LogP contribution in [0.3, 0.4) is 0 Å². The van der Waals surface area contributed by atoms with Gasteiger partial charge in [0, 0.05) is 11.8 Å². The van der Waals surface area contributed by atoms with Crippen molar-refractivity contribution in [3.63, 3.8) is 0 Å². The van der Waals surface area contributed by atoms with Gasteiger partial charge in [0.25, 0.3) is 0 Å². The van der Waals surface area contributed by atoms with Gasteiger partial charge in [-0.1, -0.05) is 12.5 Å². The summed E-state index contributed by atoms with van der Waals surface area (Å²) in [7, 11) is 0. The van der Waals surface area contributed by atoms with Gasteiger partial charge >= 0.3 is 5.97 Å². The summed E-state index contributed by atoms with van der Waals surface area (Å²) in [5.74, 6) is -1.66. The summed E-state index contributed by atoms with van der Waals surface area (Å²) in [6.07, 6.45) is 3.83. The van der Waals surface area contributed by atoms with Crippen LogP contribution >= 0.6 is 0 Å². The van der Waals surface area contributed by atoms with E-state index < -0.39 is 18.0 Å². The number of aliphatic carboxylic acids is 1. The van der Waals surface area contributed by atoms with Crippen molar-refractivity contribution in [1.29, 1.82) is 0 Å². The van der Waals surface area contributed by atoms with E-state index in [4.69, 9.17) is 0 Å². The van der Waals surface area contributed by atoms with E-state index in [1.165, 1.54) is 4.90 Å². The zero-order valence-electron chi connectivity index (χ0n) is 11.5. The molecule has 0 spiro atoms. The number of carbonyl (C=O) groups is 2. The van der Waals surface area contributed by atoms with E-state index in [1.54, 1.807) is 13.0 Å². The van der Waals surface area contributed by atoms with Crippen molar-refractivity contribution in [3.8, 4) is 0 Å². The van der Waals surface area contributed by atoms with Crippen LogP contribution in [-0.2, 0) is 9.59 Å². The molecule has 3 rings (SSSR count). The maximum Gasteiger partial charge on any atom is 0.352 e. The highest BCUT2D eigenvalue weighted by atomic mass is 16.4. The number of hydrogen-bond acceptors (Lipinski definition) is 3. The van der Waals surface area contributed by atoms with Crippen LogP contribution in [-0.4, -0.2) is 39.1 Å². The minimum absolute atomic E-state index is 0.0351. The van der Waals surface area contributed by atoms with Crippen LogP contribution in [0.2, 0.25) is 0 Å². The van der Waals surface area contributed by atoms with Gasteiger partial charge in [-0.3, -0.25) is 4.79 Å². The molecule has 2 heterocycles. The molecule has 0 bridgehead atoms. The summed E-state index contributed by atoms with van der Waals surface area (Å²) in [6, 6.07) is -0.175. The Hall–Kier alpha value is -1.62. The van der Waals surface area contributed by atoms with Gasteiger partial charge < -0.3 is 15.1 Å². The summed E-state index contributed by atoms with van der Waals surface area (Å²) in [6.45, 7) is 5.41. The van der Waals surface area contributed by atoms with E-state index >= 15 is 0 Å². The normalized spacial score (nSPS) is 37.1. The van der Waals surface area contributed by atoms with Crippen LogP contribution in [0, 0.1) is 17.8 Å². The standard InChI is InChI=1S/C15H19NO4/c1-3-8-5-4-6-9-11(8)13(15(19)20)16-12(9)10(7(2)17)14(16)18/h3,7-10,12,17H,1,4-6H2,2H3,(H,19,20)/t7-,8+,9+,10-,12-/m1/s1. The average Bonchev–Trinajstić information content (AvgIpc) is 2.69. The third-order valence-corrected chi connectivity index (χ3v) is 4.95. The largest absolute Gasteiger partial charge is 0.477 e. The molecule has 20 heavy (non-hydrogen) atoms. The first kappa shape index (κ1) is 13.4. The van der Waals surface area contributed by atoms with Gasteiger partial charge in [-0.05, 0) is 25.3 Å². The van der Waals surface area contributed by atoms with Gasteiger partial charge in [0.05, 0.1) is 18.1 Å². The van der Waals surface area contributed by atoms with Crippen molar-refractivity contribution in [1.82, 2.24) is 4.90 Å². The highest BCUT2D eigenvalue weighted by molar-refractivity contribution is 6.00. The van der Waals surface area contributed by atoms with E-state index in [0.717, 1.165) is 24.8 Å². The number of fused-ring (bicyclic) bond motifs is 3. The van der Waals surface area contributed by atoms with Gasteiger partial charge in [0.15, 0.2) is 0 Å². The Morgan fingerprint density at radius 3 is 2.75 bits per heavy atom. The predicted molar refractivity (Wildman–Crippen MR) is 71.5 cm³/mol. The molecule has 0 aromatic rings. The summed E-state index contributed by atoms with van der Waals surface area (Å²) in [5, 5.41) is 19.3. The maximum absolute atomic E-state index is 12.2. The van der Waals surface area contributed by atoms with Crippen LogP contribution in [0.15, 0.2) is 23.9 Å². The second-order valence-electron chi connectivity index (χ2n) is 5.95. The van der Waals surface area contributed by atoms with Crippen molar-refractivity contribution < 1.29 is 19.8 Å². The first-order chi connectivity index (χ1) is 9.49. The molecule has 1 amide bonds. The van der Waals surface area contributed by atoms with E-state index in [-0.39, 0.29) is 29.5 Å². The summed E-state index contributed by atoms with van der Waals surface area (Å²) in [5.41, 5.74) is 0.992. The van der Waals surface area contributed by atoms with Crippen molar-refractivity contribution in [3.05, 3.63) is 23.9 Å². The lowest BCUT2D eigenvalue weighted by molar-refractivity contribution is -0.163. The number of aliphatic hydroxyl groups is 1. The molecule has 1 saturated carbocycles. The Balaban J connectivity index is 2.06. The molecule has 5 atom stereocenters. The van der Waals surface area contributed by atoms with Gasteiger partial charge in [-0.15, -0.1) is 6.58 Å². The third kappa shape index (κ3) is 1.53. The lowest BCUT2D eigenvalue weighted by atomic mass is 9.69. The Bertz CT molecular complexity index is 522. The molecule has 108 valence electrons. The smallest absolute Gasteiger partial charge is 0.352 e. The molecule has 5 heteroatoms. The summed E-state index contributed by atoms with van der Waals surface area (Å²) >= 11 is 0. The molecule has 0 aromatic heterocycles. The van der Waals surface area contributed by atoms with Gasteiger partial charge in [-0.2, -0.15) is 0 Å². The minimum Gasteiger partial charge on any atom is -0.477 e. The second-order valence-corrected chi connectivity index (χ2v) is 5.95. The molecule has 0 aromatic carbocycles. The number of carboxylic acid groups (broad SMARTS) is 1. The zero-order chi connectivity index (χ0) is 14.6. The number of rotatable bonds is 3. The number of amides is 1. The molecule has 2 aliphatic heterocycles. The molecular formula is C15H19NO4. The van der Waals surface area contributed by atoms with Gasteiger partial charge in [-0.25, -0.2) is 4.79 Å². The average molecular weight is 277 g/mol. The zero-order valence-corrected chi connectivity index (χ0v) is 11.5. The van der Waals surface area contributed by atoms with Crippen molar-refractivity contribution >= 4 is 11.9 Å². The molecule has 5 nitrogen and oxygen atoms in total. The van der Waals surface area contributed by atoms with Crippen molar-refractivity contribution in [2.45, 2.75) is 38.3 Å². The van der Waals surface area contributed by atoms with Gasteiger partial charge in [0.2, 0.25) is 5.91 Å². The number of carboxylic acids is 1. The second kappa shape index (κ2) is 4.45. The number of carbonyl (C=O) groups excluding carboxylic acids is 1. The summed E-state index contributed by atoms with van der Waals surface area (Å²) < 4.78 is 0. The summed E-state index contributed by atoms with van der Waals surface area (Å²) in [4.78, 5) is 25.2. The lowest BCUT2D eigenvalue weighted by Gasteiger charge is -2.47. The van der Waals surface area contributed by atoms with Crippen LogP contribution in [0.1, 0.15) is 26.2 Å².